The third-order valence-electron chi connectivity index (χ3n) is 5.85. The molecule has 9 heteroatoms. The van der Waals surface area contributed by atoms with Crippen molar-refractivity contribution in [2.75, 3.05) is 25.7 Å². The molecular formula is C28H28N4O5. The quantitative estimate of drug-likeness (QED) is 0.494. The molecular weight excluding hydrogens is 472 g/mol. The summed E-state index contributed by atoms with van der Waals surface area (Å²) in [4.78, 5) is 44.7. The van der Waals surface area contributed by atoms with E-state index in [1.165, 1.54) is 18.9 Å². The van der Waals surface area contributed by atoms with Crippen molar-refractivity contribution >= 4 is 29.1 Å². The number of hydrogen-bond donors (Lipinski definition) is 2. The van der Waals surface area contributed by atoms with Gasteiger partial charge in [0.1, 0.15) is 17.5 Å². The maximum absolute atomic E-state index is 13.3. The van der Waals surface area contributed by atoms with Crippen LogP contribution in [0, 0.1) is 0 Å². The van der Waals surface area contributed by atoms with Crippen molar-refractivity contribution in [2.24, 2.45) is 4.99 Å². The van der Waals surface area contributed by atoms with Crippen LogP contribution in [0.4, 0.5) is 5.69 Å². The number of methoxy groups -OCH3 is 1. The van der Waals surface area contributed by atoms with Gasteiger partial charge in [-0.2, -0.15) is 0 Å². The molecule has 0 fully saturated rings. The van der Waals surface area contributed by atoms with Crippen molar-refractivity contribution in [3.63, 3.8) is 0 Å². The first-order valence-corrected chi connectivity index (χ1v) is 11.7. The Bertz CT molecular complexity index is 1320. The lowest BCUT2D eigenvalue weighted by atomic mass is 10.0. The molecule has 0 saturated heterocycles. The molecule has 4 rings (SSSR count). The van der Waals surface area contributed by atoms with Gasteiger partial charge in [-0.1, -0.05) is 54.6 Å². The van der Waals surface area contributed by atoms with Gasteiger partial charge < -0.3 is 25.0 Å². The van der Waals surface area contributed by atoms with Gasteiger partial charge >= 0.3 is 0 Å². The summed E-state index contributed by atoms with van der Waals surface area (Å²) in [7, 11) is 3.18. The minimum Gasteiger partial charge on any atom is -0.497 e. The topological polar surface area (TPSA) is 109 Å². The van der Waals surface area contributed by atoms with E-state index in [-0.39, 0.29) is 6.61 Å². The minimum absolute atomic E-state index is 0.290. The predicted molar refractivity (Wildman–Crippen MR) is 140 cm³/mol. The van der Waals surface area contributed by atoms with Crippen molar-refractivity contribution in [3.8, 4) is 11.5 Å². The summed E-state index contributed by atoms with van der Waals surface area (Å²) in [5.74, 6) is -0.381. The number of benzodiazepines with no additional fused rings is 1. The summed E-state index contributed by atoms with van der Waals surface area (Å²) in [6.45, 7) is 1.24. The lowest BCUT2D eigenvalue weighted by Crippen LogP contribution is -2.52. The van der Waals surface area contributed by atoms with Crippen LogP contribution in [0.5, 0.6) is 11.5 Å². The van der Waals surface area contributed by atoms with E-state index < -0.39 is 29.9 Å². The molecule has 0 saturated carbocycles. The van der Waals surface area contributed by atoms with E-state index in [0.29, 0.717) is 22.9 Å². The van der Waals surface area contributed by atoms with E-state index in [2.05, 4.69) is 15.6 Å². The molecule has 0 spiro atoms. The third kappa shape index (κ3) is 5.95. The number of carbonyl (C=O) groups is 3. The molecule has 1 aliphatic heterocycles. The Kier molecular flexibility index (Phi) is 7.83. The van der Waals surface area contributed by atoms with Crippen molar-refractivity contribution in [1.82, 2.24) is 10.6 Å². The third-order valence-corrected chi connectivity index (χ3v) is 5.85. The van der Waals surface area contributed by atoms with E-state index in [4.69, 9.17) is 9.47 Å². The summed E-state index contributed by atoms with van der Waals surface area (Å²) in [5, 5.41) is 5.27. The van der Waals surface area contributed by atoms with Gasteiger partial charge in [0.2, 0.25) is 12.1 Å². The second-order valence-electron chi connectivity index (χ2n) is 8.43. The molecule has 3 aromatic rings. The zero-order valence-electron chi connectivity index (χ0n) is 20.8. The number of ether oxygens (including phenoxy) is 2. The number of nitrogens with zero attached hydrogens (tertiary/aromatic N) is 2. The van der Waals surface area contributed by atoms with Crippen LogP contribution in [0.15, 0.2) is 83.9 Å². The highest BCUT2D eigenvalue weighted by Gasteiger charge is 2.32. The SMILES string of the molecule is COc1cccc(OCC(=O)N[C@@H](C)C(=O)N[C@H]2N=C(c3ccccc3)c3ccccc3N(C)C2=O)c1. The number of fused-ring (bicyclic) bond motifs is 1. The Balaban J connectivity index is 1.46. The van der Waals surface area contributed by atoms with Crippen LogP contribution in [0.3, 0.4) is 0 Å². The van der Waals surface area contributed by atoms with Crippen molar-refractivity contribution in [2.45, 2.75) is 19.1 Å². The molecule has 9 nitrogen and oxygen atoms in total. The fourth-order valence-corrected chi connectivity index (χ4v) is 3.89. The fraction of sp³-hybridized carbons (Fsp3) is 0.214. The number of rotatable bonds is 8. The number of nitrogens with one attached hydrogen (secondary N) is 2. The molecule has 0 aliphatic carbocycles. The largest absolute Gasteiger partial charge is 0.497 e. The van der Waals surface area contributed by atoms with Crippen LogP contribution < -0.4 is 25.0 Å². The molecule has 0 unspecified atom stereocenters. The summed E-state index contributed by atoms with van der Waals surface area (Å²) in [5.41, 5.74) is 2.86. The first kappa shape index (κ1) is 25.4. The fourth-order valence-electron chi connectivity index (χ4n) is 3.89. The second kappa shape index (κ2) is 11.4. The molecule has 0 bridgehead atoms. The molecule has 37 heavy (non-hydrogen) atoms. The number of aliphatic imine (C=N–C) groups is 1. The number of anilines is 1. The number of hydrogen-bond acceptors (Lipinski definition) is 6. The smallest absolute Gasteiger partial charge is 0.272 e. The van der Waals surface area contributed by atoms with Crippen LogP contribution >= 0.6 is 0 Å². The minimum atomic E-state index is -1.17. The number of carbonyl (C=O) groups excluding carboxylic acids is 3. The molecule has 2 atom stereocenters. The highest BCUT2D eigenvalue weighted by Crippen LogP contribution is 2.27. The Hall–Kier alpha value is -4.66. The predicted octanol–water partition coefficient (Wildman–Crippen LogP) is 2.54. The summed E-state index contributed by atoms with van der Waals surface area (Å²) >= 11 is 0. The zero-order chi connectivity index (χ0) is 26.4. The monoisotopic (exact) mass is 500 g/mol. The second-order valence-corrected chi connectivity index (χ2v) is 8.43. The Morgan fingerprint density at radius 3 is 2.46 bits per heavy atom. The lowest BCUT2D eigenvalue weighted by Gasteiger charge is -2.22. The van der Waals surface area contributed by atoms with E-state index in [9.17, 15) is 14.4 Å². The molecule has 1 aliphatic rings. The standard InChI is InChI=1S/C28H28N4O5/c1-18(29-24(33)17-37-21-13-9-12-20(16-21)36-3)27(34)31-26-28(35)32(2)23-15-8-7-14-22(23)25(30-26)19-10-5-4-6-11-19/h4-16,18,26H,17H2,1-3H3,(H,29,33)(H,31,34)/t18-,26+/m0/s1. The molecule has 1 heterocycles. The number of likely N-dealkylation sites (N-methyl/N-ethyl adjacent to an activating group) is 1. The van der Waals surface area contributed by atoms with Gasteiger partial charge in [-0.15, -0.1) is 0 Å². The van der Waals surface area contributed by atoms with Gasteiger partial charge in [0.15, 0.2) is 6.61 Å². The van der Waals surface area contributed by atoms with Gasteiger partial charge in [0.05, 0.1) is 18.5 Å². The molecule has 0 aromatic heterocycles. The van der Waals surface area contributed by atoms with Crippen LogP contribution in [-0.2, 0) is 14.4 Å². The van der Waals surface area contributed by atoms with Gasteiger partial charge in [-0.05, 0) is 25.1 Å². The Labute approximate surface area is 215 Å². The van der Waals surface area contributed by atoms with E-state index in [1.807, 2.05) is 54.6 Å². The van der Waals surface area contributed by atoms with Gasteiger partial charge in [-0.25, -0.2) is 4.99 Å². The summed E-state index contributed by atoms with van der Waals surface area (Å²) in [6, 6.07) is 22.8. The first-order chi connectivity index (χ1) is 17.9. The molecule has 0 radical (unpaired) electrons. The van der Waals surface area contributed by atoms with Crippen LogP contribution in [0.25, 0.3) is 0 Å². The van der Waals surface area contributed by atoms with Crippen molar-refractivity contribution < 1.29 is 23.9 Å². The van der Waals surface area contributed by atoms with Gasteiger partial charge in [0, 0.05) is 24.2 Å². The van der Waals surface area contributed by atoms with E-state index in [0.717, 1.165) is 11.1 Å². The number of benzene rings is 3. The average Bonchev–Trinajstić information content (AvgIpc) is 3.03. The Morgan fingerprint density at radius 2 is 1.70 bits per heavy atom. The summed E-state index contributed by atoms with van der Waals surface area (Å²) in [6.07, 6.45) is -1.17. The maximum atomic E-state index is 13.3. The number of para-hydroxylation sites is 1. The van der Waals surface area contributed by atoms with Crippen LogP contribution in [0.1, 0.15) is 18.1 Å². The van der Waals surface area contributed by atoms with Crippen LogP contribution in [0.2, 0.25) is 0 Å². The summed E-state index contributed by atoms with van der Waals surface area (Å²) < 4.78 is 10.6. The number of amides is 3. The van der Waals surface area contributed by atoms with Crippen molar-refractivity contribution in [1.29, 1.82) is 0 Å². The Morgan fingerprint density at radius 1 is 1.00 bits per heavy atom. The highest BCUT2D eigenvalue weighted by atomic mass is 16.5. The zero-order valence-corrected chi connectivity index (χ0v) is 20.8. The van der Waals surface area contributed by atoms with E-state index in [1.54, 1.807) is 31.3 Å². The first-order valence-electron chi connectivity index (χ1n) is 11.7. The molecule has 3 amide bonds. The van der Waals surface area contributed by atoms with E-state index >= 15 is 0 Å². The molecule has 2 N–H and O–H groups in total. The highest BCUT2D eigenvalue weighted by molar-refractivity contribution is 6.20. The molecule has 190 valence electrons. The van der Waals surface area contributed by atoms with Crippen molar-refractivity contribution in [3.05, 3.63) is 90.0 Å². The van der Waals surface area contributed by atoms with Gasteiger partial charge in [0.25, 0.3) is 11.8 Å². The van der Waals surface area contributed by atoms with Crippen LogP contribution in [-0.4, -0.2) is 56.4 Å². The van der Waals surface area contributed by atoms with Gasteiger partial charge in [-0.3, -0.25) is 14.4 Å². The average molecular weight is 501 g/mol. The molecule has 3 aromatic carbocycles. The lowest BCUT2D eigenvalue weighted by molar-refractivity contribution is -0.131. The normalized spacial score (nSPS) is 15.5. The maximum Gasteiger partial charge on any atom is 0.272 e.